The summed E-state index contributed by atoms with van der Waals surface area (Å²) in [5.74, 6) is 5.22. The van der Waals surface area contributed by atoms with Crippen LogP contribution in [0.15, 0.2) is 67.0 Å². The molecule has 27 heavy (non-hydrogen) atoms. The molecule has 0 unspecified atom stereocenters. The molecule has 0 spiro atoms. The molecule has 2 amide bonds. The molecular weight excluding hydrogens is 338 g/mol. The second-order valence-electron chi connectivity index (χ2n) is 5.93. The average molecular weight is 355 g/mol. The van der Waals surface area contributed by atoms with Gasteiger partial charge in [0, 0.05) is 34.8 Å². The Balaban J connectivity index is 1.79. The van der Waals surface area contributed by atoms with Crippen molar-refractivity contribution in [2.45, 2.75) is 6.92 Å². The minimum absolute atomic E-state index is 0.170. The summed E-state index contributed by atoms with van der Waals surface area (Å²) in [6, 6.07) is 16.2. The molecule has 0 saturated heterocycles. The Labute approximate surface area is 157 Å². The molecule has 2 aromatic carbocycles. The Morgan fingerprint density at radius 3 is 2.52 bits per heavy atom. The second kappa shape index (κ2) is 7.98. The van der Waals surface area contributed by atoms with E-state index in [-0.39, 0.29) is 5.91 Å². The van der Waals surface area contributed by atoms with Crippen LogP contribution in [0.25, 0.3) is 0 Å². The zero-order valence-corrected chi connectivity index (χ0v) is 14.7. The quantitative estimate of drug-likeness (QED) is 0.708. The third-order valence-electron chi connectivity index (χ3n) is 3.88. The first kappa shape index (κ1) is 17.9. The van der Waals surface area contributed by atoms with Crippen molar-refractivity contribution in [1.82, 2.24) is 4.98 Å². The number of carbonyl (C=O) groups excluding carboxylic acids is 2. The van der Waals surface area contributed by atoms with Crippen molar-refractivity contribution < 1.29 is 9.59 Å². The van der Waals surface area contributed by atoms with Crippen LogP contribution in [0.1, 0.15) is 37.4 Å². The number of nitrogens with zero attached hydrogens (tertiary/aromatic N) is 1. The lowest BCUT2D eigenvalue weighted by Gasteiger charge is -2.07. The highest BCUT2D eigenvalue weighted by Gasteiger charge is 2.08. The van der Waals surface area contributed by atoms with Crippen LogP contribution in [-0.4, -0.2) is 16.8 Å². The summed E-state index contributed by atoms with van der Waals surface area (Å²) in [4.78, 5) is 27.6. The fourth-order valence-corrected chi connectivity index (χ4v) is 2.49. The topological polar surface area (TPSA) is 85.1 Å². The number of hydrogen-bond acceptors (Lipinski definition) is 3. The van der Waals surface area contributed by atoms with Gasteiger partial charge in [-0.1, -0.05) is 36.1 Å². The van der Waals surface area contributed by atoms with Gasteiger partial charge in [-0.05, 0) is 42.8 Å². The number of amides is 2. The van der Waals surface area contributed by atoms with Crippen molar-refractivity contribution >= 4 is 17.5 Å². The van der Waals surface area contributed by atoms with Crippen LogP contribution in [0, 0.1) is 18.8 Å². The highest BCUT2D eigenvalue weighted by molar-refractivity contribution is 6.05. The first-order chi connectivity index (χ1) is 13.0. The molecule has 0 radical (unpaired) electrons. The van der Waals surface area contributed by atoms with Crippen LogP contribution < -0.4 is 11.1 Å². The average Bonchev–Trinajstić information content (AvgIpc) is 2.67. The fourth-order valence-electron chi connectivity index (χ4n) is 2.49. The number of primary amides is 1. The number of benzene rings is 2. The van der Waals surface area contributed by atoms with Crippen molar-refractivity contribution in [2.75, 3.05) is 5.32 Å². The minimum atomic E-state index is -0.549. The Morgan fingerprint density at radius 2 is 1.74 bits per heavy atom. The molecule has 3 rings (SSSR count). The number of hydrogen-bond donors (Lipinski definition) is 2. The van der Waals surface area contributed by atoms with Gasteiger partial charge in [0.05, 0.1) is 5.56 Å². The fraction of sp³-hybridized carbons (Fsp3) is 0.0455. The maximum absolute atomic E-state index is 12.4. The monoisotopic (exact) mass is 355 g/mol. The number of aromatic nitrogens is 1. The maximum atomic E-state index is 12.4. The zero-order chi connectivity index (χ0) is 19.2. The number of anilines is 1. The Morgan fingerprint density at radius 1 is 0.963 bits per heavy atom. The van der Waals surface area contributed by atoms with E-state index < -0.39 is 5.91 Å². The molecule has 3 N–H and O–H groups in total. The second-order valence-corrected chi connectivity index (χ2v) is 5.93. The molecule has 0 fully saturated rings. The normalized spacial score (nSPS) is 9.81. The molecule has 0 saturated carbocycles. The first-order valence-corrected chi connectivity index (χ1v) is 8.27. The van der Waals surface area contributed by atoms with Gasteiger partial charge < -0.3 is 11.1 Å². The van der Waals surface area contributed by atoms with E-state index in [1.807, 2.05) is 37.3 Å². The summed E-state index contributed by atoms with van der Waals surface area (Å²) in [6.45, 7) is 1.89. The highest BCUT2D eigenvalue weighted by atomic mass is 16.2. The number of nitrogens with one attached hydrogen (secondary N) is 1. The summed E-state index contributed by atoms with van der Waals surface area (Å²) in [5, 5.41) is 2.88. The third-order valence-corrected chi connectivity index (χ3v) is 3.88. The lowest BCUT2D eigenvalue weighted by atomic mass is 10.1. The minimum Gasteiger partial charge on any atom is -0.366 e. The molecule has 0 aliphatic carbocycles. The molecule has 0 atom stereocenters. The van der Waals surface area contributed by atoms with Crippen molar-refractivity contribution in [1.29, 1.82) is 0 Å². The van der Waals surface area contributed by atoms with Crippen LogP contribution in [0.4, 0.5) is 5.69 Å². The molecule has 0 aliphatic rings. The highest BCUT2D eigenvalue weighted by Crippen LogP contribution is 2.14. The molecule has 1 heterocycles. The molecule has 0 aliphatic heterocycles. The van der Waals surface area contributed by atoms with Crippen LogP contribution in [0.3, 0.4) is 0 Å². The van der Waals surface area contributed by atoms with E-state index in [0.29, 0.717) is 22.4 Å². The van der Waals surface area contributed by atoms with E-state index in [1.54, 1.807) is 30.5 Å². The summed E-state index contributed by atoms with van der Waals surface area (Å²) in [7, 11) is 0. The van der Waals surface area contributed by atoms with Gasteiger partial charge in [-0.3, -0.25) is 14.6 Å². The van der Waals surface area contributed by atoms with Crippen LogP contribution in [0.5, 0.6) is 0 Å². The predicted molar refractivity (Wildman–Crippen MR) is 104 cm³/mol. The Hall–Kier alpha value is -3.91. The van der Waals surface area contributed by atoms with Crippen molar-refractivity contribution in [3.8, 4) is 11.8 Å². The number of carbonyl (C=O) groups is 2. The summed E-state index contributed by atoms with van der Waals surface area (Å²) in [5.41, 5.74) is 9.05. The molecule has 3 aromatic rings. The lowest BCUT2D eigenvalue weighted by molar-refractivity contribution is 0.0997. The van der Waals surface area contributed by atoms with Crippen LogP contribution in [-0.2, 0) is 0 Å². The van der Waals surface area contributed by atoms with Gasteiger partial charge >= 0.3 is 0 Å². The predicted octanol–water partition coefficient (Wildman–Crippen LogP) is 3.14. The van der Waals surface area contributed by atoms with Gasteiger partial charge in [0.15, 0.2) is 0 Å². The standard InChI is InChI=1S/C22H17N3O2/c1-15-5-2-3-8-20(15)22(27)25-19-7-4-6-16(12-19)9-10-17-11-18(21(23)26)14-24-13-17/h2-8,11-14H,1H3,(H2,23,26)(H,25,27). The summed E-state index contributed by atoms with van der Waals surface area (Å²) >= 11 is 0. The lowest BCUT2D eigenvalue weighted by Crippen LogP contribution is -2.13. The Bertz CT molecular complexity index is 1080. The third kappa shape index (κ3) is 4.59. The SMILES string of the molecule is Cc1ccccc1C(=O)Nc1cccc(C#Cc2cncc(C(N)=O)c2)c1. The molecule has 1 aromatic heterocycles. The van der Waals surface area contributed by atoms with Gasteiger partial charge in [0.1, 0.15) is 0 Å². The van der Waals surface area contributed by atoms with E-state index >= 15 is 0 Å². The van der Waals surface area contributed by atoms with Gasteiger partial charge in [-0.2, -0.15) is 0 Å². The van der Waals surface area contributed by atoms with E-state index in [1.165, 1.54) is 6.20 Å². The Kier molecular flexibility index (Phi) is 5.29. The van der Waals surface area contributed by atoms with Crippen molar-refractivity contribution in [2.24, 2.45) is 5.73 Å². The summed E-state index contributed by atoms with van der Waals surface area (Å²) in [6.07, 6.45) is 2.96. The largest absolute Gasteiger partial charge is 0.366 e. The molecular formula is C22H17N3O2. The number of rotatable bonds is 3. The van der Waals surface area contributed by atoms with Crippen LogP contribution in [0.2, 0.25) is 0 Å². The molecule has 0 bridgehead atoms. The van der Waals surface area contributed by atoms with Gasteiger partial charge in [0.2, 0.25) is 5.91 Å². The smallest absolute Gasteiger partial charge is 0.255 e. The van der Waals surface area contributed by atoms with Crippen molar-refractivity contribution in [3.05, 3.63) is 94.8 Å². The zero-order valence-electron chi connectivity index (χ0n) is 14.7. The number of nitrogens with two attached hydrogens (primary N) is 1. The molecule has 132 valence electrons. The van der Waals surface area contributed by atoms with Crippen LogP contribution >= 0.6 is 0 Å². The van der Waals surface area contributed by atoms with Gasteiger partial charge in [0.25, 0.3) is 5.91 Å². The van der Waals surface area contributed by atoms with Crippen molar-refractivity contribution in [3.63, 3.8) is 0 Å². The van der Waals surface area contributed by atoms with E-state index in [9.17, 15) is 9.59 Å². The number of pyridine rings is 1. The first-order valence-electron chi connectivity index (χ1n) is 8.27. The molecule has 5 nitrogen and oxygen atoms in total. The van der Waals surface area contributed by atoms with E-state index in [0.717, 1.165) is 11.1 Å². The summed E-state index contributed by atoms with van der Waals surface area (Å²) < 4.78 is 0. The van der Waals surface area contributed by atoms with E-state index in [4.69, 9.17) is 5.73 Å². The molecule has 5 heteroatoms. The maximum Gasteiger partial charge on any atom is 0.255 e. The van der Waals surface area contributed by atoms with Gasteiger partial charge in [-0.15, -0.1) is 0 Å². The number of aryl methyl sites for hydroxylation is 1. The van der Waals surface area contributed by atoms with E-state index in [2.05, 4.69) is 22.1 Å². The van der Waals surface area contributed by atoms with Gasteiger partial charge in [-0.25, -0.2) is 0 Å².